The Morgan fingerprint density at radius 1 is 1.14 bits per heavy atom. The molecule has 2 aliphatic heterocycles. The van der Waals surface area contributed by atoms with Crippen molar-refractivity contribution in [1.29, 1.82) is 0 Å². The summed E-state index contributed by atoms with van der Waals surface area (Å²) in [7, 11) is -1.77. The van der Waals surface area contributed by atoms with E-state index < -0.39 is 10.0 Å². The fourth-order valence-corrected chi connectivity index (χ4v) is 6.60. The van der Waals surface area contributed by atoms with Gasteiger partial charge in [-0.05, 0) is 32.8 Å². The first-order chi connectivity index (χ1) is 13.8. The molecule has 10 heteroatoms. The number of nitrogens with zero attached hydrogens (tertiary/aromatic N) is 4. The maximum absolute atomic E-state index is 13.1. The lowest BCUT2D eigenvalue weighted by atomic mass is 10.3. The van der Waals surface area contributed by atoms with Gasteiger partial charge < -0.3 is 14.2 Å². The molecule has 0 aromatic carbocycles. The summed E-state index contributed by atoms with van der Waals surface area (Å²) in [6, 6.07) is 1.68. The standard InChI is InChI=1S/C19H26N4O4S2/c1-13-17(19(24)22-6-4-5-7-22)28-18(20-13)15-12-16(14(2)21(15)3)29(25,26)23-8-10-27-11-9-23/h12H,4-11H2,1-3H3. The zero-order valence-electron chi connectivity index (χ0n) is 17.0. The molecule has 29 heavy (non-hydrogen) atoms. The fraction of sp³-hybridized carbons (Fsp3) is 0.579. The molecule has 2 aromatic rings. The van der Waals surface area contributed by atoms with E-state index in [0.717, 1.165) is 25.9 Å². The number of hydrogen-bond acceptors (Lipinski definition) is 6. The summed E-state index contributed by atoms with van der Waals surface area (Å²) in [4.78, 5) is 20.2. The molecular formula is C19H26N4O4S2. The summed E-state index contributed by atoms with van der Waals surface area (Å²) < 4.78 is 34.9. The van der Waals surface area contributed by atoms with Crippen molar-refractivity contribution >= 4 is 27.3 Å². The molecule has 0 saturated carbocycles. The second-order valence-corrected chi connectivity index (χ2v) is 10.4. The molecule has 0 unspecified atom stereocenters. The summed E-state index contributed by atoms with van der Waals surface area (Å²) in [6.45, 7) is 6.75. The van der Waals surface area contributed by atoms with E-state index >= 15 is 0 Å². The lowest BCUT2D eigenvalue weighted by Crippen LogP contribution is -2.40. The third kappa shape index (κ3) is 3.63. The van der Waals surface area contributed by atoms with Gasteiger partial charge in [-0.3, -0.25) is 4.79 Å². The number of rotatable bonds is 4. The van der Waals surface area contributed by atoms with Crippen molar-refractivity contribution in [3.8, 4) is 10.7 Å². The van der Waals surface area contributed by atoms with E-state index in [0.29, 0.717) is 53.3 Å². The molecule has 0 radical (unpaired) electrons. The Morgan fingerprint density at radius 2 is 1.79 bits per heavy atom. The number of amides is 1. The number of sulfonamides is 1. The second kappa shape index (κ2) is 7.82. The molecule has 8 nitrogen and oxygen atoms in total. The SMILES string of the molecule is Cc1nc(-c2cc(S(=O)(=O)N3CCOCC3)c(C)n2C)sc1C(=O)N1CCCC1. The molecule has 4 heterocycles. The van der Waals surface area contributed by atoms with Gasteiger partial charge in [-0.15, -0.1) is 11.3 Å². The first-order valence-electron chi connectivity index (χ1n) is 9.82. The maximum Gasteiger partial charge on any atom is 0.265 e. The average molecular weight is 439 g/mol. The van der Waals surface area contributed by atoms with Gasteiger partial charge in [-0.25, -0.2) is 13.4 Å². The summed E-state index contributed by atoms with van der Waals surface area (Å²) in [5, 5.41) is 0.666. The molecule has 4 rings (SSSR count). The van der Waals surface area contributed by atoms with Crippen LogP contribution in [0.5, 0.6) is 0 Å². The van der Waals surface area contributed by atoms with Gasteiger partial charge in [-0.2, -0.15) is 4.31 Å². The Bertz CT molecular complexity index is 1030. The Morgan fingerprint density at radius 3 is 2.45 bits per heavy atom. The minimum Gasteiger partial charge on any atom is -0.379 e. The van der Waals surface area contributed by atoms with Crippen LogP contribution in [0, 0.1) is 13.8 Å². The van der Waals surface area contributed by atoms with Gasteiger partial charge in [0.05, 0.1) is 24.6 Å². The minimum atomic E-state index is -3.60. The molecule has 0 bridgehead atoms. The quantitative estimate of drug-likeness (QED) is 0.729. The smallest absolute Gasteiger partial charge is 0.265 e. The van der Waals surface area contributed by atoms with Crippen molar-refractivity contribution < 1.29 is 17.9 Å². The van der Waals surface area contributed by atoms with E-state index in [-0.39, 0.29) is 10.8 Å². The third-order valence-corrected chi connectivity index (χ3v) is 8.86. The Balaban J connectivity index is 1.69. The zero-order valence-corrected chi connectivity index (χ0v) is 18.6. The first-order valence-corrected chi connectivity index (χ1v) is 12.1. The number of ether oxygens (including phenoxy) is 1. The van der Waals surface area contributed by atoms with E-state index in [2.05, 4.69) is 4.98 Å². The van der Waals surface area contributed by atoms with Crippen molar-refractivity contribution in [3.05, 3.63) is 22.3 Å². The number of thiazole rings is 1. The van der Waals surface area contributed by atoms with E-state index in [1.165, 1.54) is 15.6 Å². The molecule has 0 N–H and O–H groups in total. The monoisotopic (exact) mass is 438 g/mol. The maximum atomic E-state index is 13.1. The molecule has 2 aromatic heterocycles. The molecule has 2 fully saturated rings. The number of aromatic nitrogens is 2. The van der Waals surface area contributed by atoms with Crippen molar-refractivity contribution in [3.63, 3.8) is 0 Å². The predicted octanol–water partition coefficient (Wildman–Crippen LogP) is 2.02. The summed E-state index contributed by atoms with van der Waals surface area (Å²) in [5.41, 5.74) is 2.06. The summed E-state index contributed by atoms with van der Waals surface area (Å²) in [5.74, 6) is 0.0239. The minimum absolute atomic E-state index is 0.0239. The van der Waals surface area contributed by atoms with E-state index in [9.17, 15) is 13.2 Å². The highest BCUT2D eigenvalue weighted by Gasteiger charge is 2.31. The lowest BCUT2D eigenvalue weighted by Gasteiger charge is -2.25. The number of carbonyl (C=O) groups is 1. The van der Waals surface area contributed by atoms with Gasteiger partial charge in [0.25, 0.3) is 5.91 Å². The van der Waals surface area contributed by atoms with Crippen molar-refractivity contribution in [2.75, 3.05) is 39.4 Å². The Hall–Kier alpha value is -1.75. The fourth-order valence-electron chi connectivity index (χ4n) is 3.83. The Kier molecular flexibility index (Phi) is 5.54. The highest BCUT2D eigenvalue weighted by Crippen LogP contribution is 2.34. The number of likely N-dealkylation sites (tertiary alicyclic amines) is 1. The third-order valence-electron chi connectivity index (χ3n) is 5.68. The molecular weight excluding hydrogens is 412 g/mol. The van der Waals surface area contributed by atoms with Crippen molar-refractivity contribution in [2.45, 2.75) is 31.6 Å². The molecule has 2 saturated heterocycles. The van der Waals surface area contributed by atoms with Crippen LogP contribution in [0.15, 0.2) is 11.0 Å². The zero-order chi connectivity index (χ0) is 20.8. The van der Waals surface area contributed by atoms with Crippen LogP contribution in [0.25, 0.3) is 10.7 Å². The number of morpholine rings is 1. The predicted molar refractivity (Wildman–Crippen MR) is 111 cm³/mol. The van der Waals surface area contributed by atoms with Crippen LogP contribution >= 0.6 is 11.3 Å². The van der Waals surface area contributed by atoms with Gasteiger partial charge in [0, 0.05) is 38.9 Å². The van der Waals surface area contributed by atoms with Crippen LogP contribution in [-0.2, 0) is 21.8 Å². The first kappa shape index (κ1) is 20.5. The van der Waals surface area contributed by atoms with Gasteiger partial charge in [0.1, 0.15) is 14.8 Å². The van der Waals surface area contributed by atoms with Crippen LogP contribution in [0.1, 0.15) is 33.9 Å². The van der Waals surface area contributed by atoms with Crippen LogP contribution in [-0.4, -0.2) is 72.5 Å². The van der Waals surface area contributed by atoms with E-state index in [4.69, 9.17) is 4.74 Å². The molecule has 0 atom stereocenters. The van der Waals surface area contributed by atoms with Gasteiger partial charge in [0.15, 0.2) is 0 Å². The highest BCUT2D eigenvalue weighted by molar-refractivity contribution is 7.89. The topological polar surface area (TPSA) is 84.7 Å². The van der Waals surface area contributed by atoms with Gasteiger partial charge in [0.2, 0.25) is 10.0 Å². The van der Waals surface area contributed by atoms with Crippen molar-refractivity contribution in [1.82, 2.24) is 18.8 Å². The largest absolute Gasteiger partial charge is 0.379 e. The van der Waals surface area contributed by atoms with Crippen LogP contribution < -0.4 is 0 Å². The van der Waals surface area contributed by atoms with Crippen molar-refractivity contribution in [2.24, 2.45) is 7.05 Å². The molecule has 0 aliphatic carbocycles. The number of aryl methyl sites for hydroxylation is 1. The van der Waals surface area contributed by atoms with Gasteiger partial charge >= 0.3 is 0 Å². The second-order valence-electron chi connectivity index (χ2n) is 7.49. The molecule has 158 valence electrons. The normalized spacial score (nSPS) is 18.5. The molecule has 2 aliphatic rings. The van der Waals surface area contributed by atoms with E-state index in [1.54, 1.807) is 13.0 Å². The number of hydrogen-bond donors (Lipinski definition) is 0. The average Bonchev–Trinajstić information content (AvgIpc) is 3.43. The lowest BCUT2D eigenvalue weighted by molar-refractivity contribution is 0.0730. The summed E-state index contributed by atoms with van der Waals surface area (Å²) >= 11 is 1.34. The van der Waals surface area contributed by atoms with Crippen LogP contribution in [0.4, 0.5) is 0 Å². The highest BCUT2D eigenvalue weighted by atomic mass is 32.2. The molecule has 1 amide bonds. The summed E-state index contributed by atoms with van der Waals surface area (Å²) in [6.07, 6.45) is 2.08. The van der Waals surface area contributed by atoms with Gasteiger partial charge in [-0.1, -0.05) is 0 Å². The Labute approximate surface area is 175 Å². The molecule has 0 spiro atoms. The van der Waals surface area contributed by atoms with Crippen LogP contribution in [0.3, 0.4) is 0 Å². The van der Waals surface area contributed by atoms with Crippen LogP contribution in [0.2, 0.25) is 0 Å². The number of carbonyl (C=O) groups excluding carboxylic acids is 1. The van der Waals surface area contributed by atoms with E-state index in [1.807, 2.05) is 23.4 Å².